The van der Waals surface area contributed by atoms with Gasteiger partial charge in [0.2, 0.25) is 17.8 Å². The van der Waals surface area contributed by atoms with E-state index in [2.05, 4.69) is 25.9 Å². The van der Waals surface area contributed by atoms with Crippen LogP contribution in [0.25, 0.3) is 0 Å². The molecule has 1 aromatic heterocycles. The number of halogens is 3. The zero-order valence-corrected chi connectivity index (χ0v) is 18.8. The van der Waals surface area contributed by atoms with Crippen LogP contribution in [0.2, 0.25) is 15.1 Å². The highest BCUT2D eigenvalue weighted by molar-refractivity contribution is 6.36. The number of rotatable bonds is 4. The number of aryl methyl sites for hydroxylation is 1. The molecule has 164 valence electrons. The highest BCUT2D eigenvalue weighted by atomic mass is 35.5. The number of carbonyl (C=O) groups is 2. The summed E-state index contributed by atoms with van der Waals surface area (Å²) in [5.41, 5.74) is 1.24. The minimum absolute atomic E-state index is 0.00672. The summed E-state index contributed by atoms with van der Waals surface area (Å²) in [6, 6.07) is 9.91. The maximum Gasteiger partial charge on any atom is 0.258 e. The van der Waals surface area contributed by atoms with E-state index in [1.807, 2.05) is 6.92 Å². The number of aromatic amines is 1. The zero-order chi connectivity index (χ0) is 23.0. The zero-order valence-electron chi connectivity index (χ0n) is 16.6. The van der Waals surface area contributed by atoms with Gasteiger partial charge in [-0.1, -0.05) is 40.9 Å². The van der Waals surface area contributed by atoms with Gasteiger partial charge in [-0.3, -0.25) is 19.4 Å². The van der Waals surface area contributed by atoms with Crippen LogP contribution in [0.4, 0.5) is 23.1 Å². The predicted molar refractivity (Wildman–Crippen MR) is 125 cm³/mol. The fourth-order valence-corrected chi connectivity index (χ4v) is 4.05. The number of hydrogen-bond donors (Lipinski definition) is 4. The molecular formula is C21H16Cl3N5O3. The largest absolute Gasteiger partial charge is 0.324 e. The normalized spacial score (nSPS) is 15.0. The first-order valence-electron chi connectivity index (χ1n) is 9.44. The Bertz CT molecular complexity index is 1310. The second-order valence-electron chi connectivity index (χ2n) is 7.20. The summed E-state index contributed by atoms with van der Waals surface area (Å²) in [7, 11) is 0. The molecule has 2 aromatic carbocycles. The Morgan fingerprint density at radius 2 is 1.78 bits per heavy atom. The molecular weight excluding hydrogens is 477 g/mol. The molecule has 0 saturated carbocycles. The number of carbonyl (C=O) groups excluding carboxylic acids is 2. The number of benzene rings is 2. The molecule has 1 aliphatic heterocycles. The van der Waals surface area contributed by atoms with E-state index in [0.29, 0.717) is 26.4 Å². The summed E-state index contributed by atoms with van der Waals surface area (Å²) in [5, 5.41) is 9.22. The average molecular weight is 493 g/mol. The fourth-order valence-electron chi connectivity index (χ4n) is 3.31. The van der Waals surface area contributed by atoms with Gasteiger partial charge in [-0.2, -0.15) is 4.98 Å². The molecule has 0 spiro atoms. The van der Waals surface area contributed by atoms with Crippen molar-refractivity contribution >= 4 is 69.8 Å². The third-order valence-electron chi connectivity index (χ3n) is 4.83. The molecule has 0 fully saturated rings. The Hall–Kier alpha value is -3.07. The van der Waals surface area contributed by atoms with Crippen LogP contribution in [-0.2, 0) is 9.59 Å². The number of nitrogens with one attached hydrogen (secondary N) is 4. The minimum atomic E-state index is -1.04. The lowest BCUT2D eigenvalue weighted by molar-refractivity contribution is -0.123. The summed E-state index contributed by atoms with van der Waals surface area (Å²) >= 11 is 18.2. The van der Waals surface area contributed by atoms with Gasteiger partial charge in [0.25, 0.3) is 5.56 Å². The van der Waals surface area contributed by atoms with E-state index in [1.54, 1.807) is 30.3 Å². The van der Waals surface area contributed by atoms with Crippen molar-refractivity contribution in [1.82, 2.24) is 9.97 Å². The lowest BCUT2D eigenvalue weighted by Gasteiger charge is -2.24. The van der Waals surface area contributed by atoms with E-state index < -0.39 is 23.3 Å². The number of nitrogens with zero attached hydrogens (tertiary/aromatic N) is 1. The van der Waals surface area contributed by atoms with Crippen molar-refractivity contribution < 1.29 is 9.59 Å². The van der Waals surface area contributed by atoms with E-state index in [0.717, 1.165) is 5.56 Å². The van der Waals surface area contributed by atoms with Crippen LogP contribution in [0.5, 0.6) is 0 Å². The quantitative estimate of drug-likeness (QED) is 0.416. The standard InChI is InChI=1S/C21H16Cl3N5O3/c1-9-2-4-14(12(23)6-9)25-19(31)11-8-16(30)27-18-17(11)20(32)29-21(28-18)26-15-5-3-10(22)7-13(15)24/h2-7,11H,8H2,1H3,(H,25,31)(H3,26,27,28,29,30,32)/t11-/m0/s1. The van der Waals surface area contributed by atoms with Gasteiger partial charge in [0.1, 0.15) is 5.82 Å². The van der Waals surface area contributed by atoms with E-state index in [1.165, 1.54) is 6.07 Å². The van der Waals surface area contributed by atoms with Crippen molar-refractivity contribution in [2.24, 2.45) is 0 Å². The average Bonchev–Trinajstić information content (AvgIpc) is 2.71. The maximum absolute atomic E-state index is 12.9. The van der Waals surface area contributed by atoms with E-state index in [4.69, 9.17) is 34.8 Å². The summed E-state index contributed by atoms with van der Waals surface area (Å²) in [4.78, 5) is 44.9. The van der Waals surface area contributed by atoms with Gasteiger partial charge in [0.15, 0.2) is 0 Å². The Morgan fingerprint density at radius 1 is 1.06 bits per heavy atom. The second kappa shape index (κ2) is 8.82. The first kappa shape index (κ1) is 22.1. The molecule has 0 saturated heterocycles. The smallest absolute Gasteiger partial charge is 0.258 e. The molecule has 8 nitrogen and oxygen atoms in total. The highest BCUT2D eigenvalue weighted by Crippen LogP contribution is 2.32. The van der Waals surface area contributed by atoms with Gasteiger partial charge in [0.05, 0.1) is 32.9 Å². The molecule has 11 heteroatoms. The second-order valence-corrected chi connectivity index (χ2v) is 8.45. The number of aromatic nitrogens is 2. The number of anilines is 4. The van der Waals surface area contributed by atoms with Gasteiger partial charge in [0, 0.05) is 11.4 Å². The number of hydrogen-bond acceptors (Lipinski definition) is 5. The van der Waals surface area contributed by atoms with Crippen molar-refractivity contribution in [3.63, 3.8) is 0 Å². The van der Waals surface area contributed by atoms with Crippen LogP contribution < -0.4 is 21.5 Å². The molecule has 0 bridgehead atoms. The predicted octanol–water partition coefficient (Wildman–Crippen LogP) is 4.85. The van der Waals surface area contributed by atoms with Crippen LogP contribution >= 0.6 is 34.8 Å². The van der Waals surface area contributed by atoms with Gasteiger partial charge < -0.3 is 16.0 Å². The Kier molecular flexibility index (Phi) is 6.10. The Balaban J connectivity index is 1.65. The van der Waals surface area contributed by atoms with Crippen LogP contribution in [0.1, 0.15) is 23.5 Å². The van der Waals surface area contributed by atoms with E-state index in [9.17, 15) is 14.4 Å². The maximum atomic E-state index is 12.9. The molecule has 3 aromatic rings. The lowest BCUT2D eigenvalue weighted by Crippen LogP contribution is -2.36. The monoisotopic (exact) mass is 491 g/mol. The first-order valence-corrected chi connectivity index (χ1v) is 10.6. The minimum Gasteiger partial charge on any atom is -0.324 e. The number of fused-ring (bicyclic) bond motifs is 1. The molecule has 32 heavy (non-hydrogen) atoms. The summed E-state index contributed by atoms with van der Waals surface area (Å²) < 4.78 is 0. The highest BCUT2D eigenvalue weighted by Gasteiger charge is 2.35. The molecule has 2 amide bonds. The van der Waals surface area contributed by atoms with Crippen molar-refractivity contribution in [3.8, 4) is 0 Å². The van der Waals surface area contributed by atoms with Gasteiger partial charge in [-0.05, 0) is 42.8 Å². The molecule has 4 rings (SSSR count). The third kappa shape index (κ3) is 4.57. The summed E-state index contributed by atoms with van der Waals surface area (Å²) in [6.07, 6.45) is -0.205. The Morgan fingerprint density at radius 3 is 2.50 bits per heavy atom. The van der Waals surface area contributed by atoms with Gasteiger partial charge in [-0.25, -0.2) is 0 Å². The summed E-state index contributed by atoms with van der Waals surface area (Å²) in [6.45, 7) is 1.87. The molecule has 0 unspecified atom stereocenters. The number of amides is 2. The summed E-state index contributed by atoms with van der Waals surface area (Å²) in [5.74, 6) is -1.99. The van der Waals surface area contributed by atoms with Crippen molar-refractivity contribution in [3.05, 3.63) is 72.9 Å². The first-order chi connectivity index (χ1) is 15.2. The number of H-pyrrole nitrogens is 1. The molecule has 0 radical (unpaired) electrons. The van der Waals surface area contributed by atoms with E-state index in [-0.39, 0.29) is 23.8 Å². The van der Waals surface area contributed by atoms with Crippen molar-refractivity contribution in [2.45, 2.75) is 19.3 Å². The van der Waals surface area contributed by atoms with Gasteiger partial charge >= 0.3 is 0 Å². The van der Waals surface area contributed by atoms with Crippen LogP contribution in [-0.4, -0.2) is 21.8 Å². The lowest BCUT2D eigenvalue weighted by atomic mass is 9.92. The molecule has 0 aliphatic carbocycles. The molecule has 1 aliphatic rings. The van der Waals surface area contributed by atoms with Crippen molar-refractivity contribution in [1.29, 1.82) is 0 Å². The SMILES string of the molecule is Cc1ccc(NC(=O)[C@H]2CC(=O)Nc3nc(Nc4ccc(Cl)cc4Cl)[nH]c(=O)c32)c(Cl)c1. The van der Waals surface area contributed by atoms with E-state index >= 15 is 0 Å². The topological polar surface area (TPSA) is 116 Å². The van der Waals surface area contributed by atoms with Gasteiger partial charge in [-0.15, -0.1) is 0 Å². The Labute approximate surface area is 197 Å². The third-order valence-corrected chi connectivity index (χ3v) is 5.69. The van der Waals surface area contributed by atoms with Crippen LogP contribution in [0.3, 0.4) is 0 Å². The molecule has 4 N–H and O–H groups in total. The molecule has 2 heterocycles. The van der Waals surface area contributed by atoms with Crippen LogP contribution in [0.15, 0.2) is 41.2 Å². The van der Waals surface area contributed by atoms with Crippen LogP contribution in [0, 0.1) is 6.92 Å². The fraction of sp³-hybridized carbons (Fsp3) is 0.143. The molecule has 1 atom stereocenters. The van der Waals surface area contributed by atoms with Crippen molar-refractivity contribution in [2.75, 3.05) is 16.0 Å².